The number of esters is 2. The Bertz CT molecular complexity index is 1380. The van der Waals surface area contributed by atoms with Gasteiger partial charge in [0.25, 0.3) is 5.91 Å². The lowest BCUT2D eigenvalue weighted by molar-refractivity contribution is -0.147. The average Bonchev–Trinajstić information content (AvgIpc) is 3.45. The van der Waals surface area contributed by atoms with Gasteiger partial charge in [-0.1, -0.05) is 26.7 Å². The van der Waals surface area contributed by atoms with E-state index in [9.17, 15) is 24.0 Å². The maximum Gasteiger partial charge on any atom is 0.410 e. The lowest BCUT2D eigenvalue weighted by atomic mass is 10.1. The maximum absolute atomic E-state index is 13.1. The number of nitrogens with one attached hydrogen (secondary N) is 1. The number of hydrogen-bond acceptors (Lipinski definition) is 11. The summed E-state index contributed by atoms with van der Waals surface area (Å²) in [4.78, 5) is 65.7. The third-order valence-electron chi connectivity index (χ3n) is 6.63. The van der Waals surface area contributed by atoms with Crippen LogP contribution in [-0.2, 0) is 36.8 Å². The Labute approximate surface area is 273 Å². The van der Waals surface area contributed by atoms with E-state index >= 15 is 0 Å². The lowest BCUT2D eigenvalue weighted by Crippen LogP contribution is -2.39. The number of Topliss-reactive ketones (excluding diaryl/α,β-unsaturated/α-hetero) is 1. The van der Waals surface area contributed by atoms with Gasteiger partial charge in [-0.3, -0.25) is 9.59 Å². The first-order valence-corrected chi connectivity index (χ1v) is 16.3. The number of carbonyl (C=O) groups is 5. The van der Waals surface area contributed by atoms with E-state index in [1.165, 1.54) is 29.5 Å². The third kappa shape index (κ3) is 11.7. The molecule has 0 bridgehead atoms. The molecule has 1 aromatic heterocycles. The van der Waals surface area contributed by atoms with Crippen molar-refractivity contribution in [2.24, 2.45) is 0 Å². The van der Waals surface area contributed by atoms with Crippen molar-refractivity contribution in [2.45, 2.75) is 78.9 Å². The Hall–Kier alpha value is -4.13. The van der Waals surface area contributed by atoms with Gasteiger partial charge < -0.3 is 33.9 Å². The van der Waals surface area contributed by atoms with E-state index in [-0.39, 0.29) is 43.4 Å². The van der Waals surface area contributed by atoms with Gasteiger partial charge in [-0.15, -0.1) is 11.3 Å². The monoisotopic (exact) mass is 660 g/mol. The van der Waals surface area contributed by atoms with E-state index in [0.717, 1.165) is 29.7 Å². The zero-order chi connectivity index (χ0) is 33.7. The number of carbonyl (C=O) groups excluding carboxylic acids is 5. The maximum atomic E-state index is 13.1. The summed E-state index contributed by atoms with van der Waals surface area (Å²) in [6.07, 6.45) is 3.39. The van der Waals surface area contributed by atoms with E-state index in [2.05, 4.69) is 5.32 Å². The molecule has 2 heterocycles. The molecule has 2 aromatic rings. The Kier molecular flexibility index (Phi) is 13.9. The molecular weight excluding hydrogens is 616 g/mol. The molecule has 46 heavy (non-hydrogen) atoms. The second kappa shape index (κ2) is 17.5. The van der Waals surface area contributed by atoms with E-state index in [1.807, 2.05) is 34.6 Å². The molecule has 1 aliphatic rings. The first-order chi connectivity index (χ1) is 21.9. The van der Waals surface area contributed by atoms with Crippen LogP contribution in [0.15, 0.2) is 24.3 Å². The van der Waals surface area contributed by atoms with Gasteiger partial charge in [0.1, 0.15) is 5.60 Å². The summed E-state index contributed by atoms with van der Waals surface area (Å²) in [6.45, 7) is 9.65. The van der Waals surface area contributed by atoms with Crippen molar-refractivity contribution < 1.29 is 47.7 Å². The molecule has 0 unspecified atom stereocenters. The second-order valence-corrected chi connectivity index (χ2v) is 12.8. The van der Waals surface area contributed by atoms with Crippen LogP contribution >= 0.6 is 11.3 Å². The average molecular weight is 661 g/mol. The summed E-state index contributed by atoms with van der Waals surface area (Å²) < 4.78 is 26.9. The molecule has 0 fully saturated rings. The highest BCUT2D eigenvalue weighted by molar-refractivity contribution is 7.14. The molecule has 3 rings (SSSR count). The molecule has 12 nitrogen and oxygen atoms in total. The summed E-state index contributed by atoms with van der Waals surface area (Å²) in [5.74, 6) is -1.77. The van der Waals surface area contributed by atoms with Crippen LogP contribution in [0.25, 0.3) is 0 Å². The zero-order valence-electron chi connectivity index (χ0n) is 27.2. The fourth-order valence-corrected chi connectivity index (χ4v) is 5.29. The van der Waals surface area contributed by atoms with Gasteiger partial charge in [-0.25, -0.2) is 14.4 Å². The van der Waals surface area contributed by atoms with Crippen molar-refractivity contribution in [1.82, 2.24) is 10.2 Å². The number of ether oxygens (including phenoxy) is 5. The van der Waals surface area contributed by atoms with Crippen molar-refractivity contribution in [3.63, 3.8) is 0 Å². The van der Waals surface area contributed by atoms with Crippen LogP contribution in [-0.4, -0.2) is 79.7 Å². The first-order valence-electron chi connectivity index (χ1n) is 15.5. The molecule has 0 saturated carbocycles. The van der Waals surface area contributed by atoms with Crippen molar-refractivity contribution in [2.75, 3.05) is 39.5 Å². The predicted octanol–water partition coefficient (Wildman–Crippen LogP) is 5.10. The van der Waals surface area contributed by atoms with Crippen LogP contribution in [0.3, 0.4) is 0 Å². The largest absolute Gasteiger partial charge is 0.478 e. The van der Waals surface area contributed by atoms with Gasteiger partial charge in [-0.05, 0) is 69.9 Å². The molecule has 13 heteroatoms. The van der Waals surface area contributed by atoms with Crippen LogP contribution < -0.4 is 14.8 Å². The number of ketones is 1. The molecule has 1 aromatic carbocycles. The zero-order valence-corrected chi connectivity index (χ0v) is 28.0. The van der Waals surface area contributed by atoms with E-state index in [0.29, 0.717) is 30.8 Å². The SMILES string of the molecule is CCCCOC(=O)COc1ccc(C(=O)CNC(=O)c2cc3c(s2)CCN(C(=O)OC(C)(C)C)C3)cc1OCC(=O)OCCCC. The molecule has 0 aliphatic carbocycles. The highest BCUT2D eigenvalue weighted by atomic mass is 32.1. The molecule has 0 saturated heterocycles. The minimum Gasteiger partial charge on any atom is -0.478 e. The summed E-state index contributed by atoms with van der Waals surface area (Å²) in [6, 6.07) is 6.06. The number of unbranched alkanes of at least 4 members (excludes halogenated alkanes) is 2. The Morgan fingerprint density at radius 2 is 1.52 bits per heavy atom. The molecule has 1 aliphatic heterocycles. The number of benzene rings is 1. The standard InChI is InChI=1S/C33H44N2O10S/c1-6-8-14-41-29(37)20-43-25-11-10-22(16-26(25)44-21-30(38)42-15-9-7-2)24(36)18-34-31(39)28-17-23-19-35(13-12-27(23)46-28)32(40)45-33(3,4)5/h10-11,16-17H,6-9,12-15,18-21H2,1-5H3,(H,34,39). The summed E-state index contributed by atoms with van der Waals surface area (Å²) in [5.41, 5.74) is 0.468. The van der Waals surface area contributed by atoms with Gasteiger partial charge in [0.05, 0.1) is 31.2 Å². The van der Waals surface area contributed by atoms with E-state index < -0.39 is 41.9 Å². The molecule has 0 radical (unpaired) electrons. The quantitative estimate of drug-likeness (QED) is 0.112. The van der Waals surface area contributed by atoms with Gasteiger partial charge in [-0.2, -0.15) is 0 Å². The van der Waals surface area contributed by atoms with Crippen LogP contribution in [0.4, 0.5) is 4.79 Å². The first kappa shape index (κ1) is 36.3. The Morgan fingerprint density at radius 3 is 2.13 bits per heavy atom. The molecule has 2 amide bonds. The van der Waals surface area contributed by atoms with Crippen LogP contribution in [0.1, 0.15) is 90.8 Å². The Balaban J connectivity index is 1.62. The minimum atomic E-state index is -0.605. The van der Waals surface area contributed by atoms with Gasteiger partial charge >= 0.3 is 18.0 Å². The Morgan fingerprint density at radius 1 is 0.891 bits per heavy atom. The normalized spacial score (nSPS) is 12.5. The molecular formula is C33H44N2O10S. The van der Waals surface area contributed by atoms with Crippen molar-refractivity contribution in [3.05, 3.63) is 45.1 Å². The number of fused-ring (bicyclic) bond motifs is 1. The highest BCUT2D eigenvalue weighted by Gasteiger charge is 2.28. The van der Waals surface area contributed by atoms with Crippen molar-refractivity contribution in [3.8, 4) is 11.5 Å². The molecule has 1 N–H and O–H groups in total. The lowest BCUT2D eigenvalue weighted by Gasteiger charge is -2.29. The van der Waals surface area contributed by atoms with Crippen LogP contribution in [0, 0.1) is 0 Å². The van der Waals surface area contributed by atoms with E-state index in [4.69, 9.17) is 23.7 Å². The van der Waals surface area contributed by atoms with Crippen LogP contribution in [0.5, 0.6) is 11.5 Å². The van der Waals surface area contributed by atoms with Crippen LogP contribution in [0.2, 0.25) is 0 Å². The topological polar surface area (TPSA) is 147 Å². The number of hydrogen-bond donors (Lipinski definition) is 1. The number of rotatable bonds is 16. The number of amides is 2. The fourth-order valence-electron chi connectivity index (χ4n) is 4.21. The van der Waals surface area contributed by atoms with Gasteiger partial charge in [0, 0.05) is 17.0 Å². The second-order valence-electron chi connectivity index (χ2n) is 11.7. The van der Waals surface area contributed by atoms with Gasteiger partial charge in [0.15, 0.2) is 30.5 Å². The summed E-state index contributed by atoms with van der Waals surface area (Å²) in [7, 11) is 0. The molecule has 0 atom stereocenters. The van der Waals surface area contributed by atoms with Crippen molar-refractivity contribution >= 4 is 41.1 Å². The molecule has 0 spiro atoms. The van der Waals surface area contributed by atoms with E-state index in [1.54, 1.807) is 11.0 Å². The minimum absolute atomic E-state index is 0.0615. The van der Waals surface area contributed by atoms with Gasteiger partial charge in [0.2, 0.25) is 0 Å². The number of nitrogens with zero attached hydrogens (tertiary/aromatic N) is 1. The predicted molar refractivity (Wildman–Crippen MR) is 170 cm³/mol. The third-order valence-corrected chi connectivity index (χ3v) is 7.87. The highest BCUT2D eigenvalue weighted by Crippen LogP contribution is 2.30. The summed E-state index contributed by atoms with van der Waals surface area (Å²) in [5, 5.41) is 2.66. The smallest absolute Gasteiger partial charge is 0.410 e. The fraction of sp³-hybridized carbons (Fsp3) is 0.545. The number of thiophene rings is 1. The molecule has 252 valence electrons. The van der Waals surface area contributed by atoms with Crippen molar-refractivity contribution in [1.29, 1.82) is 0 Å². The summed E-state index contributed by atoms with van der Waals surface area (Å²) >= 11 is 1.33.